The van der Waals surface area contributed by atoms with Gasteiger partial charge in [-0.25, -0.2) is 0 Å². The van der Waals surface area contributed by atoms with Gasteiger partial charge in [-0.2, -0.15) is 0 Å². The summed E-state index contributed by atoms with van der Waals surface area (Å²) < 4.78 is 0. The molecule has 0 fully saturated rings. The van der Waals surface area contributed by atoms with Crippen LogP contribution in [-0.2, 0) is 4.79 Å². The Bertz CT molecular complexity index is 36.2. The third kappa shape index (κ3) is 2.75. The second-order valence-electron chi connectivity index (χ2n) is 0.0894. The largest absolute Gasteiger partial charge is 0.373 e. The Kier molecular flexibility index (Phi) is 52700. The van der Waals surface area contributed by atoms with Crippen LogP contribution in [0.25, 0.3) is 16.0 Å². The average molecular weight is 72.0 g/mol. The lowest BCUT2D eigenvalue weighted by Crippen LogP contribution is -0.925. The van der Waals surface area contributed by atoms with Crippen LogP contribution in [0.1, 0.15) is 0 Å². The molecule has 4 heteroatoms. The molecular weight excluding hydrogens is 70.0 g/mol. The minimum Gasteiger partial charge on any atom is -0.373 e. The molecule has 0 heterocycles. The van der Waals surface area contributed by atoms with Crippen LogP contribution >= 0.6 is 0 Å². The molecule has 0 spiro atoms. The maximum atomic E-state index is 8.00. The summed E-state index contributed by atoms with van der Waals surface area (Å²) in [6.07, 6.45) is 0. The Balaban J connectivity index is 0. The fourth-order valence-electron chi connectivity index (χ4n) is 0. The molecule has 0 aromatic rings. The third-order valence-electron chi connectivity index (χ3n) is 0. The summed E-state index contributed by atoms with van der Waals surface area (Å²) >= 11 is 0. The second-order valence-corrected chi connectivity index (χ2v) is 0.0894. The van der Waals surface area contributed by atoms with Gasteiger partial charge in [0, 0.05) is 0 Å². The van der Waals surface area contributed by atoms with Crippen LogP contribution in [-0.4, -0.2) is 6.79 Å². The van der Waals surface area contributed by atoms with E-state index in [1.54, 1.807) is 0 Å². The normalized spacial score (nSPS) is 2.40. The summed E-state index contributed by atoms with van der Waals surface area (Å²) in [5, 5.41) is 0. The highest BCUT2D eigenvalue weighted by Gasteiger charge is 0.689. The molecule has 0 aromatic carbocycles. The van der Waals surface area contributed by atoms with Crippen LogP contribution in [0.5, 0.6) is 0 Å². The first kappa shape index (κ1) is 9.02. The maximum Gasteiger partial charge on any atom is 0.106 e. The summed E-state index contributed by atoms with van der Waals surface area (Å²) in [6, 6.07) is 0. The van der Waals surface area contributed by atoms with Crippen molar-refractivity contribution in [3.05, 3.63) is 16.0 Å². The van der Waals surface area contributed by atoms with Crippen LogP contribution in [0.3, 0.4) is 0 Å². The van der Waals surface area contributed by atoms with Crippen LogP contribution in [0.2, 0.25) is 0 Å². The lowest BCUT2D eigenvalue weighted by molar-refractivity contribution is -0.0979. The Labute approximate surface area is 28.8 Å². The third-order valence-corrected chi connectivity index (χ3v) is 0. The van der Waals surface area contributed by atoms with Crippen molar-refractivity contribution in [3.8, 4) is 0 Å². The fourth-order valence-corrected chi connectivity index (χ4v) is 0. The minimum atomic E-state index is 1.50. The Morgan fingerprint density at radius 1 is 1.40 bits per heavy atom. The van der Waals surface area contributed by atoms with Gasteiger partial charge in [0.15, 0.2) is 0 Å². The van der Waals surface area contributed by atoms with E-state index < -0.39 is 0 Å². The molecule has 0 aliphatic heterocycles. The second kappa shape index (κ2) is 29200. The highest BCUT2D eigenvalue weighted by atomic mass is 16.1. The van der Waals surface area contributed by atoms with Gasteiger partial charge in [-0.15, -0.1) is 0 Å². The van der Waals surface area contributed by atoms with Gasteiger partial charge in [0.25, 0.3) is 0 Å². The molecule has 0 atom stereocenters. The van der Waals surface area contributed by atoms with Crippen molar-refractivity contribution in [2.45, 2.75) is 0 Å². The summed E-state index contributed by atoms with van der Waals surface area (Å²) in [4.78, 5) is 9.50. The Morgan fingerprint density at radius 2 is 1.40 bits per heavy atom. The molecule has 0 saturated carbocycles. The van der Waals surface area contributed by atoms with E-state index in [0.29, 0.717) is 0 Å². The van der Waals surface area contributed by atoms with Gasteiger partial charge in [0.2, 0.25) is 0 Å². The van der Waals surface area contributed by atoms with Crippen molar-refractivity contribution in [2.24, 2.45) is 0 Å². The molecule has 4 nitrogen and oxygen atoms in total. The van der Waals surface area contributed by atoms with Crippen LogP contribution in [0.4, 0.5) is 0 Å². The number of rotatable bonds is 0. The minimum absolute atomic E-state index is 1.50. The van der Waals surface area contributed by atoms with E-state index in [4.69, 9.17) is 15.9 Å². The molecular formula is CH2N3O-. The topological polar surface area (TPSA) is 75.8 Å². The number of hydrogen-bond acceptors (Lipinski definition) is 1. The lowest BCUT2D eigenvalue weighted by Gasteiger charge is -1.31. The molecule has 5 heavy (non-hydrogen) atoms. The van der Waals surface area contributed by atoms with Gasteiger partial charge in [-0.1, -0.05) is 0 Å². The molecule has 0 aliphatic rings. The highest BCUT2D eigenvalue weighted by Crippen LogP contribution is 1.29. The van der Waals surface area contributed by atoms with E-state index >= 15 is 0 Å². The number of hydrogen-bond donors (Lipinski definition) is 0. The first-order chi connectivity index (χ1) is 2.41. The molecule has 28 valence electrons. The number of carbonyl (C=O) groups excluding carboxylic acids is 1. The molecule has 0 radical (unpaired) electrons. The zero-order chi connectivity index (χ0) is 4.71. The first-order valence-electron chi connectivity index (χ1n) is 0.689. The van der Waals surface area contributed by atoms with Gasteiger partial charge in [-0.3, -0.25) is 4.91 Å². The van der Waals surface area contributed by atoms with Crippen molar-refractivity contribution in [3.63, 3.8) is 0 Å². The smallest absolute Gasteiger partial charge is 0.106 e. The molecule has 0 N–H and O–H groups in total. The number of nitrogens with zero attached hydrogens (tertiary/aromatic N) is 3. The quantitative estimate of drug-likeness (QED) is 0.235. The Hall–Kier alpha value is -1.02. The van der Waals surface area contributed by atoms with Gasteiger partial charge >= 0.3 is 0 Å². The van der Waals surface area contributed by atoms with Crippen LogP contribution in [0.15, 0.2) is 0 Å². The molecule has 0 rings (SSSR count). The predicted octanol–water partition coefficient (Wildman–Crippen LogP) is 0.681. The molecule has 0 aromatic heterocycles. The van der Waals surface area contributed by atoms with Gasteiger partial charge in [0.1, 0.15) is 6.79 Å². The first-order valence-corrected chi connectivity index (χ1v) is 0.689. The monoisotopic (exact) mass is 72.0 g/mol. The van der Waals surface area contributed by atoms with Crippen molar-refractivity contribution in [1.82, 2.24) is 0 Å². The zero-order valence-corrected chi connectivity index (χ0v) is 2.46. The van der Waals surface area contributed by atoms with E-state index in [1.165, 1.54) is 4.91 Å². The van der Waals surface area contributed by atoms with Crippen molar-refractivity contribution in [1.29, 1.82) is 0 Å². The maximum absolute atomic E-state index is 8.00. The van der Waals surface area contributed by atoms with Gasteiger partial charge in [-0.05, 0) is 0 Å². The summed E-state index contributed by atoms with van der Waals surface area (Å²) in [5.74, 6) is 0. The molecule has 0 saturated heterocycles. The summed E-state index contributed by atoms with van der Waals surface area (Å²) in [6.45, 7) is 2.00. The van der Waals surface area contributed by atoms with E-state index in [9.17, 15) is 0 Å². The summed E-state index contributed by atoms with van der Waals surface area (Å²) in [7, 11) is 0. The average Bonchev–Trinajstić information content (AvgIpc) is 1.46. The van der Waals surface area contributed by atoms with Crippen LogP contribution in [0, 0.1) is 0 Å². The van der Waals surface area contributed by atoms with Gasteiger partial charge in [0.05, 0.1) is 0 Å². The zero-order valence-electron chi connectivity index (χ0n) is 2.46. The molecule has 0 unspecified atom stereocenters. The Morgan fingerprint density at radius 3 is 1.40 bits per heavy atom. The summed E-state index contributed by atoms with van der Waals surface area (Å²) in [5.41, 5.74) is 13.5. The standard InChI is InChI=1S/CH2O.N3/c1-2;1-3-2/h1H2;/q;-1. The van der Waals surface area contributed by atoms with Gasteiger partial charge < -0.3 is 15.9 Å². The van der Waals surface area contributed by atoms with Crippen molar-refractivity contribution >= 4 is 6.79 Å². The van der Waals surface area contributed by atoms with E-state index in [0.717, 1.165) is 0 Å². The van der Waals surface area contributed by atoms with Crippen LogP contribution < -0.4 is 0 Å². The van der Waals surface area contributed by atoms with Crippen molar-refractivity contribution in [2.75, 3.05) is 0 Å². The predicted molar refractivity (Wildman–Crippen MR) is 17.2 cm³/mol. The molecule has 0 amide bonds. The molecule has 0 bridgehead atoms. The van der Waals surface area contributed by atoms with E-state index in [1.807, 2.05) is 6.79 Å². The SMILES string of the molecule is C=O.[N-]=[N+]=[N-]. The lowest BCUT2D eigenvalue weighted by atomic mass is 11.9. The number of carbonyl (C=O) groups is 1. The van der Waals surface area contributed by atoms with E-state index in [-0.39, 0.29) is 0 Å². The van der Waals surface area contributed by atoms with E-state index in [2.05, 4.69) is 0 Å². The molecule has 0 aliphatic carbocycles. The van der Waals surface area contributed by atoms with Crippen molar-refractivity contribution < 1.29 is 4.79 Å². The fraction of sp³-hybridized carbons (Fsp3) is 0. The highest BCUT2D eigenvalue weighted by molar-refractivity contribution is 5.10.